The second-order valence-corrected chi connectivity index (χ2v) is 6.94. The molecule has 0 bridgehead atoms. The second kappa shape index (κ2) is 5.87. The van der Waals surface area contributed by atoms with Crippen molar-refractivity contribution in [2.24, 2.45) is 0 Å². The van der Waals surface area contributed by atoms with Crippen molar-refractivity contribution in [1.29, 1.82) is 0 Å². The fourth-order valence-corrected chi connectivity index (χ4v) is 2.62. The van der Waals surface area contributed by atoms with E-state index in [0.29, 0.717) is 29.5 Å². The minimum atomic E-state index is -0.761. The lowest BCUT2D eigenvalue weighted by molar-refractivity contribution is -0.140. The molecule has 1 fully saturated rings. The molecule has 0 spiro atoms. The number of rotatable bonds is 6. The fourth-order valence-electron chi connectivity index (χ4n) is 2.06. The van der Waals surface area contributed by atoms with E-state index >= 15 is 0 Å². The summed E-state index contributed by atoms with van der Waals surface area (Å²) in [5.41, 5.74) is 0.847. The summed E-state index contributed by atoms with van der Waals surface area (Å²) in [6.45, 7) is 4.10. The molecule has 20 heavy (non-hydrogen) atoms. The lowest BCUT2D eigenvalue weighted by Gasteiger charge is -2.11. The van der Waals surface area contributed by atoms with Crippen molar-refractivity contribution in [3.05, 3.63) is 29.8 Å². The van der Waals surface area contributed by atoms with Crippen molar-refractivity contribution in [3.8, 4) is 0 Å². The Morgan fingerprint density at radius 1 is 1.30 bits per heavy atom. The second-order valence-electron chi connectivity index (χ2n) is 5.37. The molecule has 5 heteroatoms. The third-order valence-corrected chi connectivity index (χ3v) is 4.52. The molecule has 2 rings (SSSR count). The van der Waals surface area contributed by atoms with E-state index in [2.05, 4.69) is 5.32 Å². The van der Waals surface area contributed by atoms with E-state index in [0.717, 1.165) is 5.56 Å². The number of benzene rings is 1. The minimum absolute atomic E-state index is 0.0316. The van der Waals surface area contributed by atoms with Gasteiger partial charge in [-0.2, -0.15) is 0 Å². The van der Waals surface area contributed by atoms with Gasteiger partial charge in [0.25, 0.3) is 0 Å². The molecule has 1 amide bonds. The summed E-state index contributed by atoms with van der Waals surface area (Å²) < 4.78 is 0. The van der Waals surface area contributed by atoms with Gasteiger partial charge in [-0.25, -0.2) is 0 Å². The van der Waals surface area contributed by atoms with Gasteiger partial charge in [0, 0.05) is 5.69 Å². The molecule has 1 aromatic rings. The largest absolute Gasteiger partial charge is 0.481 e. The van der Waals surface area contributed by atoms with Crippen LogP contribution in [0.4, 0.5) is 5.69 Å². The average molecular weight is 293 g/mol. The Hall–Kier alpha value is -1.49. The first-order valence-corrected chi connectivity index (χ1v) is 7.74. The molecule has 1 aliphatic rings. The predicted octanol–water partition coefficient (Wildman–Crippen LogP) is 2.88. The molecule has 0 heterocycles. The van der Waals surface area contributed by atoms with Crippen molar-refractivity contribution in [2.75, 3.05) is 11.1 Å². The van der Waals surface area contributed by atoms with Gasteiger partial charge in [-0.05, 0) is 35.8 Å². The van der Waals surface area contributed by atoms with Crippen LogP contribution in [0.15, 0.2) is 24.3 Å². The Morgan fingerprint density at radius 2 is 1.90 bits per heavy atom. The van der Waals surface area contributed by atoms with Crippen LogP contribution in [0, 0.1) is 0 Å². The van der Waals surface area contributed by atoms with Crippen LogP contribution in [0.5, 0.6) is 0 Å². The normalized spacial score (nSPS) is 15.9. The van der Waals surface area contributed by atoms with Gasteiger partial charge >= 0.3 is 5.97 Å². The lowest BCUT2D eigenvalue weighted by atomic mass is 9.96. The molecular weight excluding hydrogens is 274 g/mol. The topological polar surface area (TPSA) is 66.4 Å². The Kier molecular flexibility index (Phi) is 4.38. The van der Waals surface area contributed by atoms with Crippen LogP contribution in [0.2, 0.25) is 0 Å². The smallest absolute Gasteiger partial charge is 0.314 e. The van der Waals surface area contributed by atoms with Crippen molar-refractivity contribution in [1.82, 2.24) is 0 Å². The van der Waals surface area contributed by atoms with Crippen LogP contribution < -0.4 is 5.32 Å². The van der Waals surface area contributed by atoms with Gasteiger partial charge in [0.15, 0.2) is 0 Å². The van der Waals surface area contributed by atoms with Crippen molar-refractivity contribution >= 4 is 29.3 Å². The van der Waals surface area contributed by atoms with E-state index in [1.165, 1.54) is 0 Å². The summed E-state index contributed by atoms with van der Waals surface area (Å²) >= 11 is 1.59. The number of hydrogen-bond acceptors (Lipinski definition) is 3. The number of hydrogen-bond donors (Lipinski definition) is 2. The highest BCUT2D eigenvalue weighted by Crippen LogP contribution is 2.48. The number of carboxylic acid groups (broad SMARTS) is 1. The number of carbonyl (C=O) groups excluding carboxylic acids is 1. The molecule has 0 atom stereocenters. The molecule has 1 aliphatic carbocycles. The molecule has 0 aromatic heterocycles. The summed E-state index contributed by atoms with van der Waals surface area (Å²) in [6, 6.07) is 7.14. The first kappa shape index (κ1) is 14.9. The fraction of sp³-hybridized carbons (Fsp3) is 0.467. The molecule has 1 aromatic carbocycles. The summed E-state index contributed by atoms with van der Waals surface area (Å²) in [5.74, 6) is -0.364. The molecule has 1 saturated carbocycles. The Morgan fingerprint density at radius 3 is 2.35 bits per heavy atom. The minimum Gasteiger partial charge on any atom is -0.481 e. The van der Waals surface area contributed by atoms with Crippen LogP contribution in [0.3, 0.4) is 0 Å². The van der Waals surface area contributed by atoms with Gasteiger partial charge in [-0.3, -0.25) is 9.59 Å². The highest BCUT2D eigenvalue weighted by molar-refractivity contribution is 8.00. The first-order chi connectivity index (χ1) is 9.44. The number of anilines is 1. The molecule has 108 valence electrons. The maximum absolute atomic E-state index is 11.7. The maximum atomic E-state index is 11.7. The Balaban J connectivity index is 1.95. The van der Waals surface area contributed by atoms with Gasteiger partial charge < -0.3 is 10.4 Å². The van der Waals surface area contributed by atoms with Crippen LogP contribution in [0.25, 0.3) is 0 Å². The van der Waals surface area contributed by atoms with E-state index in [4.69, 9.17) is 0 Å². The van der Waals surface area contributed by atoms with Crippen LogP contribution in [0.1, 0.15) is 32.3 Å². The highest BCUT2D eigenvalue weighted by atomic mass is 32.2. The summed E-state index contributed by atoms with van der Waals surface area (Å²) in [7, 11) is 0. The van der Waals surface area contributed by atoms with E-state index < -0.39 is 11.4 Å². The maximum Gasteiger partial charge on any atom is 0.314 e. The molecular formula is C15H19NO3S. The third kappa shape index (κ3) is 3.33. The predicted molar refractivity (Wildman–Crippen MR) is 81.2 cm³/mol. The number of aliphatic carboxylic acids is 1. The van der Waals surface area contributed by atoms with Crippen LogP contribution in [-0.2, 0) is 15.0 Å². The number of nitrogens with one attached hydrogen (secondary N) is 1. The zero-order valence-electron chi connectivity index (χ0n) is 11.7. The molecule has 0 radical (unpaired) electrons. The lowest BCUT2D eigenvalue weighted by Crippen LogP contribution is -2.19. The van der Waals surface area contributed by atoms with E-state index in [1.807, 2.05) is 13.8 Å². The van der Waals surface area contributed by atoms with Gasteiger partial charge in [0.2, 0.25) is 5.91 Å². The number of carbonyl (C=O) groups is 2. The molecule has 0 unspecified atom stereocenters. The van der Waals surface area contributed by atoms with Gasteiger partial charge in [-0.1, -0.05) is 26.0 Å². The average Bonchev–Trinajstić information content (AvgIpc) is 3.19. The van der Waals surface area contributed by atoms with E-state index in [9.17, 15) is 14.7 Å². The van der Waals surface area contributed by atoms with E-state index in [1.54, 1.807) is 36.0 Å². The van der Waals surface area contributed by atoms with Crippen molar-refractivity contribution in [3.63, 3.8) is 0 Å². The first-order valence-electron chi connectivity index (χ1n) is 6.69. The Bertz CT molecular complexity index is 506. The van der Waals surface area contributed by atoms with Crippen LogP contribution in [-0.4, -0.2) is 28.0 Å². The van der Waals surface area contributed by atoms with Crippen molar-refractivity contribution in [2.45, 2.75) is 37.4 Å². The zero-order chi connectivity index (χ0) is 14.8. The van der Waals surface area contributed by atoms with Crippen molar-refractivity contribution < 1.29 is 14.7 Å². The summed E-state index contributed by atoms with van der Waals surface area (Å²) in [6.07, 6.45) is 1.39. The zero-order valence-corrected chi connectivity index (χ0v) is 12.5. The molecule has 4 nitrogen and oxygen atoms in total. The van der Waals surface area contributed by atoms with E-state index in [-0.39, 0.29) is 5.91 Å². The van der Waals surface area contributed by atoms with Gasteiger partial charge in [0.05, 0.1) is 11.2 Å². The molecule has 2 N–H and O–H groups in total. The SMILES string of the molecule is CC(C)SCC(=O)Nc1ccc(C2(C(=O)O)CC2)cc1. The highest BCUT2D eigenvalue weighted by Gasteiger charge is 2.51. The molecule has 0 aliphatic heterocycles. The number of thioether (sulfide) groups is 1. The van der Waals surface area contributed by atoms with Gasteiger partial charge in [0.1, 0.15) is 0 Å². The number of amides is 1. The summed E-state index contributed by atoms with van der Waals surface area (Å²) in [5, 5.41) is 12.5. The third-order valence-electron chi connectivity index (χ3n) is 3.43. The van der Waals surface area contributed by atoms with Crippen LogP contribution >= 0.6 is 11.8 Å². The number of carboxylic acids is 1. The summed E-state index contributed by atoms with van der Waals surface area (Å²) in [4.78, 5) is 22.9. The standard InChI is InChI=1S/C15H19NO3S/c1-10(2)20-9-13(17)16-12-5-3-11(4-6-12)15(7-8-15)14(18)19/h3-6,10H,7-9H2,1-2H3,(H,16,17)(H,18,19). The van der Waals surface area contributed by atoms with Gasteiger partial charge in [-0.15, -0.1) is 11.8 Å². The Labute approximate surface area is 123 Å². The monoisotopic (exact) mass is 293 g/mol. The molecule has 0 saturated heterocycles. The quantitative estimate of drug-likeness (QED) is 0.846.